The molecule has 3 heterocycles. The van der Waals surface area contributed by atoms with Crippen LogP contribution in [0.5, 0.6) is 0 Å². The molecule has 0 aromatic carbocycles. The first-order chi connectivity index (χ1) is 10.5. The van der Waals surface area contributed by atoms with Gasteiger partial charge in [-0.25, -0.2) is 9.50 Å². The zero-order valence-electron chi connectivity index (χ0n) is 12.1. The summed E-state index contributed by atoms with van der Waals surface area (Å²) in [6, 6.07) is 3.61. The summed E-state index contributed by atoms with van der Waals surface area (Å²) in [6.45, 7) is 3.58. The van der Waals surface area contributed by atoms with Gasteiger partial charge < -0.3 is 10.4 Å². The van der Waals surface area contributed by atoms with E-state index in [1.165, 1.54) is 15.9 Å². The zero-order chi connectivity index (χ0) is 15.7. The van der Waals surface area contributed by atoms with Crippen LogP contribution in [-0.2, 0) is 5.60 Å². The third-order valence-corrected chi connectivity index (χ3v) is 4.05. The zero-order valence-corrected chi connectivity index (χ0v) is 13.0. The quantitative estimate of drug-likeness (QED) is 0.752. The molecule has 0 aliphatic heterocycles. The summed E-state index contributed by atoms with van der Waals surface area (Å²) in [5.74, 6) is -0.0435. The van der Waals surface area contributed by atoms with Gasteiger partial charge in [0.1, 0.15) is 5.60 Å². The SMILES string of the molecule is Cc1ccnc2nc(C(=O)NC[C@](C)(O)c3ccsc3)nn12. The molecule has 0 spiro atoms. The smallest absolute Gasteiger partial charge is 0.291 e. The molecular formula is C14H15N5O2S. The number of amides is 1. The minimum atomic E-state index is -1.14. The molecule has 3 rings (SSSR count). The molecule has 22 heavy (non-hydrogen) atoms. The lowest BCUT2D eigenvalue weighted by molar-refractivity contribution is 0.0527. The van der Waals surface area contributed by atoms with Crippen molar-refractivity contribution in [3.05, 3.63) is 46.2 Å². The van der Waals surface area contributed by atoms with Gasteiger partial charge in [0, 0.05) is 11.9 Å². The molecule has 3 aromatic heterocycles. The van der Waals surface area contributed by atoms with E-state index in [0.29, 0.717) is 5.78 Å². The molecule has 0 aliphatic carbocycles. The minimum Gasteiger partial charge on any atom is -0.384 e. The minimum absolute atomic E-state index is 0.0305. The number of rotatable bonds is 4. The van der Waals surface area contributed by atoms with E-state index in [1.807, 2.05) is 23.8 Å². The topological polar surface area (TPSA) is 92.4 Å². The molecule has 114 valence electrons. The van der Waals surface area contributed by atoms with E-state index in [-0.39, 0.29) is 12.4 Å². The Balaban J connectivity index is 1.75. The molecule has 7 nitrogen and oxygen atoms in total. The molecular weight excluding hydrogens is 302 g/mol. The highest BCUT2D eigenvalue weighted by Gasteiger charge is 2.25. The van der Waals surface area contributed by atoms with Crippen molar-refractivity contribution in [3.63, 3.8) is 0 Å². The summed E-state index contributed by atoms with van der Waals surface area (Å²) in [4.78, 5) is 20.3. The molecule has 0 aliphatic rings. The molecule has 3 aromatic rings. The van der Waals surface area contributed by atoms with Crippen molar-refractivity contribution in [2.24, 2.45) is 0 Å². The summed E-state index contributed by atoms with van der Waals surface area (Å²) in [6.07, 6.45) is 1.61. The lowest BCUT2D eigenvalue weighted by Crippen LogP contribution is -2.38. The summed E-state index contributed by atoms with van der Waals surface area (Å²) >= 11 is 1.49. The predicted octanol–water partition coefficient (Wildman–Crippen LogP) is 1.13. The second kappa shape index (κ2) is 5.47. The number of hydrogen-bond donors (Lipinski definition) is 2. The Morgan fingerprint density at radius 2 is 2.32 bits per heavy atom. The van der Waals surface area contributed by atoms with E-state index in [9.17, 15) is 9.90 Å². The van der Waals surface area contributed by atoms with Crippen molar-refractivity contribution < 1.29 is 9.90 Å². The van der Waals surface area contributed by atoms with Crippen LogP contribution in [0.25, 0.3) is 5.78 Å². The number of aliphatic hydroxyl groups is 1. The van der Waals surface area contributed by atoms with Crippen molar-refractivity contribution in [1.29, 1.82) is 0 Å². The number of fused-ring (bicyclic) bond motifs is 1. The Labute approximate surface area is 130 Å². The van der Waals surface area contributed by atoms with E-state index in [2.05, 4.69) is 20.4 Å². The molecule has 0 fully saturated rings. The van der Waals surface area contributed by atoms with Crippen LogP contribution >= 0.6 is 11.3 Å². The van der Waals surface area contributed by atoms with Gasteiger partial charge in [-0.05, 0) is 42.3 Å². The summed E-state index contributed by atoms with van der Waals surface area (Å²) in [5.41, 5.74) is 0.461. The maximum atomic E-state index is 12.2. The number of thiophene rings is 1. The highest BCUT2D eigenvalue weighted by molar-refractivity contribution is 7.08. The number of aromatic nitrogens is 4. The van der Waals surface area contributed by atoms with Crippen molar-refractivity contribution in [3.8, 4) is 0 Å². The highest BCUT2D eigenvalue weighted by Crippen LogP contribution is 2.22. The average Bonchev–Trinajstić information content (AvgIpc) is 3.14. The summed E-state index contributed by atoms with van der Waals surface area (Å²) in [7, 11) is 0. The van der Waals surface area contributed by atoms with E-state index >= 15 is 0 Å². The van der Waals surface area contributed by atoms with E-state index < -0.39 is 11.5 Å². The number of nitrogens with zero attached hydrogens (tertiary/aromatic N) is 4. The second-order valence-electron chi connectivity index (χ2n) is 5.20. The molecule has 1 amide bonds. The first kappa shape index (κ1) is 14.6. The third-order valence-electron chi connectivity index (χ3n) is 3.37. The van der Waals surface area contributed by atoms with Crippen LogP contribution in [0, 0.1) is 6.92 Å². The lowest BCUT2D eigenvalue weighted by Gasteiger charge is -2.22. The fourth-order valence-electron chi connectivity index (χ4n) is 2.01. The first-order valence-electron chi connectivity index (χ1n) is 6.69. The Morgan fingerprint density at radius 3 is 3.00 bits per heavy atom. The van der Waals surface area contributed by atoms with Gasteiger partial charge in [0.2, 0.25) is 5.82 Å². The number of aryl methyl sites for hydroxylation is 1. The highest BCUT2D eigenvalue weighted by atomic mass is 32.1. The van der Waals surface area contributed by atoms with Crippen LogP contribution in [0.1, 0.15) is 28.8 Å². The fraction of sp³-hybridized carbons (Fsp3) is 0.286. The predicted molar refractivity (Wildman–Crippen MR) is 81.7 cm³/mol. The molecule has 0 saturated carbocycles. The number of carbonyl (C=O) groups excluding carboxylic acids is 1. The Kier molecular flexibility index (Phi) is 3.63. The fourth-order valence-corrected chi connectivity index (χ4v) is 2.79. The van der Waals surface area contributed by atoms with Crippen LogP contribution in [0.3, 0.4) is 0 Å². The van der Waals surface area contributed by atoms with Crippen LogP contribution in [0.2, 0.25) is 0 Å². The van der Waals surface area contributed by atoms with Gasteiger partial charge in [-0.15, -0.1) is 5.10 Å². The molecule has 0 saturated heterocycles. The number of nitrogens with one attached hydrogen (secondary N) is 1. The van der Waals surface area contributed by atoms with Crippen LogP contribution < -0.4 is 5.32 Å². The van der Waals surface area contributed by atoms with Crippen molar-refractivity contribution in [2.45, 2.75) is 19.4 Å². The number of carbonyl (C=O) groups is 1. The summed E-state index contributed by atoms with van der Waals surface area (Å²) in [5, 5.41) is 20.9. The van der Waals surface area contributed by atoms with E-state index in [0.717, 1.165) is 11.3 Å². The number of hydrogen-bond acceptors (Lipinski definition) is 6. The Morgan fingerprint density at radius 1 is 1.50 bits per heavy atom. The van der Waals surface area contributed by atoms with Gasteiger partial charge in [-0.2, -0.15) is 16.3 Å². The van der Waals surface area contributed by atoms with E-state index in [1.54, 1.807) is 19.2 Å². The van der Waals surface area contributed by atoms with Gasteiger partial charge in [-0.1, -0.05) is 0 Å². The molecule has 1 atom stereocenters. The lowest BCUT2D eigenvalue weighted by atomic mass is 9.99. The summed E-state index contributed by atoms with van der Waals surface area (Å²) < 4.78 is 1.51. The largest absolute Gasteiger partial charge is 0.384 e. The van der Waals surface area contributed by atoms with Gasteiger partial charge in [-0.3, -0.25) is 4.79 Å². The van der Waals surface area contributed by atoms with Crippen molar-refractivity contribution >= 4 is 23.0 Å². The molecule has 0 unspecified atom stereocenters. The van der Waals surface area contributed by atoms with Crippen LogP contribution in [-0.4, -0.2) is 37.1 Å². The molecule has 2 N–H and O–H groups in total. The third kappa shape index (κ3) is 2.70. The normalized spacial score (nSPS) is 14.0. The van der Waals surface area contributed by atoms with Crippen LogP contribution in [0.15, 0.2) is 29.1 Å². The first-order valence-corrected chi connectivity index (χ1v) is 7.63. The second-order valence-corrected chi connectivity index (χ2v) is 5.98. The maximum absolute atomic E-state index is 12.2. The van der Waals surface area contributed by atoms with Gasteiger partial charge in [0.15, 0.2) is 0 Å². The molecule has 0 bridgehead atoms. The van der Waals surface area contributed by atoms with Gasteiger partial charge in [0.25, 0.3) is 11.7 Å². The Hall–Kier alpha value is -2.32. The standard InChI is InChI=1S/C14H15N5O2S/c1-9-3-5-15-13-17-11(18-19(9)13)12(20)16-8-14(2,21)10-4-6-22-7-10/h3-7,21H,8H2,1-2H3,(H,16,20)/t14-/m0/s1. The van der Waals surface area contributed by atoms with Crippen molar-refractivity contribution in [2.75, 3.05) is 6.54 Å². The van der Waals surface area contributed by atoms with Gasteiger partial charge in [0.05, 0.1) is 6.54 Å². The van der Waals surface area contributed by atoms with Crippen LogP contribution in [0.4, 0.5) is 0 Å². The maximum Gasteiger partial charge on any atom is 0.291 e. The van der Waals surface area contributed by atoms with Crippen molar-refractivity contribution in [1.82, 2.24) is 24.9 Å². The Bertz CT molecular complexity index is 810. The molecule has 0 radical (unpaired) electrons. The average molecular weight is 317 g/mol. The monoisotopic (exact) mass is 317 g/mol. The molecule has 8 heteroatoms. The van der Waals surface area contributed by atoms with Gasteiger partial charge >= 0.3 is 0 Å². The van der Waals surface area contributed by atoms with E-state index in [4.69, 9.17) is 0 Å².